The summed E-state index contributed by atoms with van der Waals surface area (Å²) in [6.45, 7) is 0. The molecule has 1 rings (SSSR count). The van der Waals surface area contributed by atoms with Crippen LogP contribution in [0.25, 0.3) is 0 Å². The highest BCUT2D eigenvalue weighted by Crippen LogP contribution is 2.28. The Morgan fingerprint density at radius 2 is 2.23 bits per heavy atom. The Morgan fingerprint density at radius 3 is 2.77 bits per heavy atom. The molecule has 0 aliphatic rings. The molecule has 0 radical (unpaired) electrons. The van der Waals surface area contributed by atoms with Gasteiger partial charge >= 0.3 is 5.97 Å². The summed E-state index contributed by atoms with van der Waals surface area (Å²) >= 11 is 3.11. The first-order chi connectivity index (χ1) is 6.06. The molecule has 0 atom stereocenters. The van der Waals surface area contributed by atoms with Gasteiger partial charge in [0.1, 0.15) is 11.3 Å². The third kappa shape index (κ3) is 1.92. The van der Waals surface area contributed by atoms with E-state index in [4.69, 9.17) is 5.73 Å². The number of phenols is 1. The maximum absolute atomic E-state index is 11.0. The Hall–Kier alpha value is -1.23. The van der Waals surface area contributed by atoms with Gasteiger partial charge in [-0.25, -0.2) is 4.79 Å². The molecule has 70 valence electrons. The van der Waals surface area contributed by atoms with Crippen LogP contribution < -0.4 is 5.73 Å². The van der Waals surface area contributed by atoms with Crippen molar-refractivity contribution in [2.75, 3.05) is 12.8 Å². The summed E-state index contributed by atoms with van der Waals surface area (Å²) in [6, 6.07) is 2.70. The average Bonchev–Trinajstić information content (AvgIpc) is 2.10. The van der Waals surface area contributed by atoms with Crippen molar-refractivity contribution in [3.63, 3.8) is 0 Å². The zero-order valence-corrected chi connectivity index (χ0v) is 8.46. The number of carbonyl (C=O) groups excluding carboxylic acids is 1. The van der Waals surface area contributed by atoms with Crippen molar-refractivity contribution in [2.24, 2.45) is 0 Å². The van der Waals surface area contributed by atoms with E-state index >= 15 is 0 Å². The van der Waals surface area contributed by atoms with E-state index in [1.54, 1.807) is 0 Å². The first-order valence-electron chi connectivity index (χ1n) is 3.42. The zero-order chi connectivity index (χ0) is 10.0. The summed E-state index contributed by atoms with van der Waals surface area (Å²) in [4.78, 5) is 11.0. The number of benzene rings is 1. The lowest BCUT2D eigenvalue weighted by atomic mass is 10.2. The van der Waals surface area contributed by atoms with E-state index in [9.17, 15) is 9.90 Å². The van der Waals surface area contributed by atoms with Crippen LogP contribution in [0.2, 0.25) is 0 Å². The second-order valence-corrected chi connectivity index (χ2v) is 3.24. The SMILES string of the molecule is COC(=O)c1cc(N)c(Br)cc1O. The summed E-state index contributed by atoms with van der Waals surface area (Å²) in [5, 5.41) is 9.33. The number of esters is 1. The van der Waals surface area contributed by atoms with Crippen LogP contribution in [0.15, 0.2) is 16.6 Å². The Bertz CT molecular complexity index is 351. The predicted molar refractivity (Wildman–Crippen MR) is 51.6 cm³/mol. The van der Waals surface area contributed by atoms with Gasteiger partial charge in [-0.1, -0.05) is 0 Å². The number of hydrogen-bond acceptors (Lipinski definition) is 4. The number of ether oxygens (including phenoxy) is 1. The van der Waals surface area contributed by atoms with Gasteiger partial charge in [-0.05, 0) is 28.1 Å². The fourth-order valence-electron chi connectivity index (χ4n) is 0.853. The first-order valence-corrected chi connectivity index (χ1v) is 4.22. The molecule has 0 bridgehead atoms. The zero-order valence-electron chi connectivity index (χ0n) is 6.87. The highest BCUT2D eigenvalue weighted by molar-refractivity contribution is 9.10. The van der Waals surface area contributed by atoms with Gasteiger partial charge < -0.3 is 15.6 Å². The Kier molecular flexibility index (Phi) is 2.77. The molecule has 0 fully saturated rings. The van der Waals surface area contributed by atoms with E-state index in [1.165, 1.54) is 19.2 Å². The Labute approximate surface area is 83.4 Å². The van der Waals surface area contributed by atoms with Crippen molar-refractivity contribution >= 4 is 27.6 Å². The maximum Gasteiger partial charge on any atom is 0.341 e. The minimum Gasteiger partial charge on any atom is -0.507 e. The number of methoxy groups -OCH3 is 1. The van der Waals surface area contributed by atoms with Gasteiger partial charge in [0.25, 0.3) is 0 Å². The van der Waals surface area contributed by atoms with Crippen LogP contribution in [-0.4, -0.2) is 18.2 Å². The monoisotopic (exact) mass is 245 g/mol. The van der Waals surface area contributed by atoms with Crippen molar-refractivity contribution < 1.29 is 14.6 Å². The summed E-state index contributed by atoms with van der Waals surface area (Å²) in [5.74, 6) is -0.773. The van der Waals surface area contributed by atoms with E-state index in [-0.39, 0.29) is 11.3 Å². The van der Waals surface area contributed by atoms with Crippen LogP contribution >= 0.6 is 15.9 Å². The van der Waals surface area contributed by atoms with Crippen molar-refractivity contribution in [1.82, 2.24) is 0 Å². The van der Waals surface area contributed by atoms with Crippen molar-refractivity contribution in [2.45, 2.75) is 0 Å². The van der Waals surface area contributed by atoms with E-state index in [0.29, 0.717) is 10.2 Å². The molecule has 0 heterocycles. The molecule has 0 aliphatic carbocycles. The topological polar surface area (TPSA) is 72.5 Å². The molecule has 0 saturated carbocycles. The van der Waals surface area contributed by atoms with Crippen LogP contribution in [0.4, 0.5) is 5.69 Å². The number of nitrogen functional groups attached to an aromatic ring is 1. The average molecular weight is 246 g/mol. The molecule has 0 saturated heterocycles. The molecular weight excluding hydrogens is 238 g/mol. The molecule has 3 N–H and O–H groups in total. The standard InChI is InChI=1S/C8H8BrNO3/c1-13-8(12)4-2-6(10)5(9)3-7(4)11/h2-3,11H,10H2,1H3. The minimum absolute atomic E-state index is 0.0585. The Morgan fingerprint density at radius 1 is 1.62 bits per heavy atom. The van der Waals surface area contributed by atoms with Crippen molar-refractivity contribution in [3.05, 3.63) is 22.2 Å². The van der Waals surface area contributed by atoms with Gasteiger partial charge in [0.2, 0.25) is 0 Å². The van der Waals surface area contributed by atoms with Crippen LogP contribution in [0.3, 0.4) is 0 Å². The van der Waals surface area contributed by atoms with E-state index < -0.39 is 5.97 Å². The van der Waals surface area contributed by atoms with Crippen LogP contribution in [0.5, 0.6) is 5.75 Å². The van der Waals surface area contributed by atoms with E-state index in [2.05, 4.69) is 20.7 Å². The molecular formula is C8H8BrNO3. The van der Waals surface area contributed by atoms with Crippen LogP contribution in [-0.2, 0) is 4.74 Å². The predicted octanol–water partition coefficient (Wildman–Crippen LogP) is 1.52. The molecule has 0 aromatic heterocycles. The summed E-state index contributed by atoms with van der Waals surface area (Å²) in [5.41, 5.74) is 5.95. The van der Waals surface area contributed by atoms with Gasteiger partial charge in [-0.2, -0.15) is 0 Å². The number of anilines is 1. The molecule has 1 aromatic carbocycles. The lowest BCUT2D eigenvalue weighted by Crippen LogP contribution is -2.02. The van der Waals surface area contributed by atoms with E-state index in [0.717, 1.165) is 0 Å². The lowest BCUT2D eigenvalue weighted by Gasteiger charge is -2.04. The molecule has 0 amide bonds. The fraction of sp³-hybridized carbons (Fsp3) is 0.125. The molecule has 13 heavy (non-hydrogen) atoms. The highest BCUT2D eigenvalue weighted by Gasteiger charge is 2.13. The van der Waals surface area contributed by atoms with Gasteiger partial charge in [-0.3, -0.25) is 0 Å². The summed E-state index contributed by atoms with van der Waals surface area (Å²) in [7, 11) is 1.24. The summed E-state index contributed by atoms with van der Waals surface area (Å²) < 4.78 is 4.98. The highest BCUT2D eigenvalue weighted by atomic mass is 79.9. The first kappa shape index (κ1) is 9.85. The van der Waals surface area contributed by atoms with Crippen LogP contribution in [0, 0.1) is 0 Å². The number of nitrogens with two attached hydrogens (primary N) is 1. The van der Waals surface area contributed by atoms with Crippen molar-refractivity contribution in [3.8, 4) is 5.75 Å². The largest absolute Gasteiger partial charge is 0.507 e. The quantitative estimate of drug-likeness (QED) is 0.447. The Balaban J connectivity index is 3.23. The van der Waals surface area contributed by atoms with E-state index in [1.807, 2.05) is 0 Å². The number of rotatable bonds is 1. The van der Waals surface area contributed by atoms with Gasteiger partial charge in [0.05, 0.1) is 7.11 Å². The van der Waals surface area contributed by atoms with Gasteiger partial charge in [0.15, 0.2) is 0 Å². The minimum atomic E-state index is -0.614. The number of aromatic hydroxyl groups is 1. The lowest BCUT2D eigenvalue weighted by molar-refractivity contribution is 0.0597. The fourth-order valence-corrected chi connectivity index (χ4v) is 1.18. The third-order valence-electron chi connectivity index (χ3n) is 1.52. The maximum atomic E-state index is 11.0. The number of halogens is 1. The molecule has 0 spiro atoms. The summed E-state index contributed by atoms with van der Waals surface area (Å²) in [6.07, 6.45) is 0. The number of phenolic OH excluding ortho intramolecular Hbond substituents is 1. The molecule has 4 nitrogen and oxygen atoms in total. The molecule has 0 aliphatic heterocycles. The molecule has 1 aromatic rings. The smallest absolute Gasteiger partial charge is 0.341 e. The van der Waals surface area contributed by atoms with Crippen molar-refractivity contribution in [1.29, 1.82) is 0 Å². The normalized spacial score (nSPS) is 9.69. The third-order valence-corrected chi connectivity index (χ3v) is 2.21. The second-order valence-electron chi connectivity index (χ2n) is 2.38. The second kappa shape index (κ2) is 3.66. The molecule has 0 unspecified atom stereocenters. The molecule has 5 heteroatoms. The van der Waals surface area contributed by atoms with Crippen LogP contribution in [0.1, 0.15) is 10.4 Å². The van der Waals surface area contributed by atoms with Gasteiger partial charge in [0, 0.05) is 10.2 Å². The van der Waals surface area contributed by atoms with Gasteiger partial charge in [-0.15, -0.1) is 0 Å². The number of carbonyl (C=O) groups is 1. The number of hydrogen-bond donors (Lipinski definition) is 2.